The Bertz CT molecular complexity index is 786. The fourth-order valence-corrected chi connectivity index (χ4v) is 1.93. The van der Waals surface area contributed by atoms with Crippen LogP contribution in [0.15, 0.2) is 36.5 Å². The number of benzene rings is 1. The number of phenolic OH excluding ortho intramolecular Hbond substituents is 1. The van der Waals surface area contributed by atoms with E-state index in [1.54, 1.807) is 12.1 Å². The maximum atomic E-state index is 12.1. The first-order chi connectivity index (χ1) is 11.2. The molecular weight excluding hydrogens is 312 g/mol. The molecule has 7 heteroatoms. The van der Waals surface area contributed by atoms with Crippen LogP contribution in [0.25, 0.3) is 11.1 Å². The number of hydrogen-bond donors (Lipinski definition) is 4. The molecule has 7 nitrogen and oxygen atoms in total. The van der Waals surface area contributed by atoms with Crippen LogP contribution in [0, 0.1) is 5.41 Å². The molecule has 0 spiro atoms. The molecule has 0 saturated heterocycles. The van der Waals surface area contributed by atoms with E-state index in [9.17, 15) is 19.8 Å². The van der Waals surface area contributed by atoms with Gasteiger partial charge in [-0.05, 0) is 37.6 Å². The Morgan fingerprint density at radius 1 is 1.17 bits per heavy atom. The fourth-order valence-electron chi connectivity index (χ4n) is 1.93. The summed E-state index contributed by atoms with van der Waals surface area (Å²) in [6.45, 7) is 2.86. The molecule has 24 heavy (non-hydrogen) atoms. The summed E-state index contributed by atoms with van der Waals surface area (Å²) in [5.74, 6) is -1.96. The lowest BCUT2D eigenvalue weighted by Crippen LogP contribution is -2.39. The lowest BCUT2D eigenvalue weighted by molar-refractivity contribution is -0.146. The number of pyridine rings is 1. The van der Waals surface area contributed by atoms with Crippen LogP contribution >= 0.6 is 0 Å². The largest absolute Gasteiger partial charge is 0.508 e. The van der Waals surface area contributed by atoms with Gasteiger partial charge in [-0.15, -0.1) is 0 Å². The van der Waals surface area contributed by atoms with Crippen LogP contribution in [0.3, 0.4) is 0 Å². The summed E-state index contributed by atoms with van der Waals surface area (Å²) >= 11 is 0. The molecule has 0 atom stereocenters. The number of phenols is 1. The number of aromatic nitrogens is 1. The van der Waals surface area contributed by atoms with Gasteiger partial charge < -0.3 is 20.6 Å². The summed E-state index contributed by atoms with van der Waals surface area (Å²) in [5, 5.41) is 31.0. The highest BCUT2D eigenvalue weighted by molar-refractivity contribution is 5.95. The topological polar surface area (TPSA) is 120 Å². The summed E-state index contributed by atoms with van der Waals surface area (Å²) in [7, 11) is 0. The summed E-state index contributed by atoms with van der Waals surface area (Å²) in [4.78, 5) is 27.0. The van der Waals surface area contributed by atoms with Crippen molar-refractivity contribution in [1.29, 1.82) is 0 Å². The molecular formula is C17H18N2O5. The standard InChI is InChI=1S/C17H18N2O5/c1-17(2,16(23)24)9-19-15(22)14-13(21)7-11(8-18-14)10-4-3-5-12(20)6-10/h3-8,20-21H,9H2,1-2H3,(H,19,22)(H,23,24). The Kier molecular flexibility index (Phi) is 4.73. The summed E-state index contributed by atoms with van der Waals surface area (Å²) in [6.07, 6.45) is 1.39. The smallest absolute Gasteiger partial charge is 0.310 e. The van der Waals surface area contributed by atoms with E-state index in [1.807, 2.05) is 0 Å². The summed E-state index contributed by atoms with van der Waals surface area (Å²) < 4.78 is 0. The number of carboxylic acids is 1. The van der Waals surface area contributed by atoms with E-state index in [0.717, 1.165) is 0 Å². The second kappa shape index (κ2) is 6.57. The van der Waals surface area contributed by atoms with Gasteiger partial charge in [0.2, 0.25) is 0 Å². The first-order valence-corrected chi connectivity index (χ1v) is 7.21. The molecule has 126 valence electrons. The van der Waals surface area contributed by atoms with Gasteiger partial charge in [-0.2, -0.15) is 0 Å². The molecule has 4 N–H and O–H groups in total. The SMILES string of the molecule is CC(C)(CNC(=O)c1ncc(-c2cccc(O)c2)cc1O)C(=O)O. The third-order valence-corrected chi connectivity index (χ3v) is 3.53. The minimum Gasteiger partial charge on any atom is -0.508 e. The quantitative estimate of drug-likeness (QED) is 0.665. The number of hydrogen-bond acceptors (Lipinski definition) is 5. The highest BCUT2D eigenvalue weighted by Gasteiger charge is 2.28. The summed E-state index contributed by atoms with van der Waals surface area (Å²) in [5.41, 5.74) is -0.157. The molecule has 2 aromatic rings. The maximum absolute atomic E-state index is 12.1. The molecule has 0 fully saturated rings. The van der Waals surface area contributed by atoms with Crippen LogP contribution in [0.1, 0.15) is 24.3 Å². The van der Waals surface area contributed by atoms with Gasteiger partial charge in [-0.25, -0.2) is 4.98 Å². The number of carbonyl (C=O) groups excluding carboxylic acids is 1. The fraction of sp³-hybridized carbons (Fsp3) is 0.235. The number of carboxylic acid groups (broad SMARTS) is 1. The Hall–Kier alpha value is -3.09. The van der Waals surface area contributed by atoms with Crippen LogP contribution in [0.4, 0.5) is 0 Å². The summed E-state index contributed by atoms with van der Waals surface area (Å²) in [6, 6.07) is 7.76. The number of nitrogens with zero attached hydrogens (tertiary/aromatic N) is 1. The predicted molar refractivity (Wildman–Crippen MR) is 86.8 cm³/mol. The van der Waals surface area contributed by atoms with Crippen LogP contribution in [0.2, 0.25) is 0 Å². The Labute approximate surface area is 138 Å². The first kappa shape index (κ1) is 17.3. The second-order valence-corrected chi connectivity index (χ2v) is 6.01. The Morgan fingerprint density at radius 3 is 2.46 bits per heavy atom. The zero-order valence-electron chi connectivity index (χ0n) is 13.3. The van der Waals surface area contributed by atoms with Crippen LogP contribution < -0.4 is 5.32 Å². The molecule has 0 saturated carbocycles. The van der Waals surface area contributed by atoms with Crippen molar-refractivity contribution in [2.24, 2.45) is 5.41 Å². The van der Waals surface area contributed by atoms with Crippen molar-refractivity contribution in [2.45, 2.75) is 13.8 Å². The first-order valence-electron chi connectivity index (χ1n) is 7.21. The van der Waals surface area contributed by atoms with Gasteiger partial charge in [0.15, 0.2) is 5.69 Å². The molecule has 1 aromatic carbocycles. The van der Waals surface area contributed by atoms with Crippen LogP contribution in [0.5, 0.6) is 11.5 Å². The third-order valence-electron chi connectivity index (χ3n) is 3.53. The highest BCUT2D eigenvalue weighted by atomic mass is 16.4. The highest BCUT2D eigenvalue weighted by Crippen LogP contribution is 2.27. The minimum atomic E-state index is -1.13. The molecule has 0 aliphatic heterocycles. The van der Waals surface area contributed by atoms with Gasteiger partial charge >= 0.3 is 5.97 Å². The lowest BCUT2D eigenvalue weighted by atomic mass is 9.94. The van der Waals surface area contributed by atoms with Crippen molar-refractivity contribution in [2.75, 3.05) is 6.54 Å². The predicted octanol–water partition coefficient (Wildman–Crippen LogP) is 2.00. The van der Waals surface area contributed by atoms with Crippen molar-refractivity contribution in [3.8, 4) is 22.6 Å². The van der Waals surface area contributed by atoms with E-state index >= 15 is 0 Å². The van der Waals surface area contributed by atoms with Gasteiger partial charge in [0.05, 0.1) is 5.41 Å². The number of carbonyl (C=O) groups is 2. The van der Waals surface area contributed by atoms with Crippen molar-refractivity contribution in [3.63, 3.8) is 0 Å². The van der Waals surface area contributed by atoms with E-state index in [4.69, 9.17) is 5.11 Å². The maximum Gasteiger partial charge on any atom is 0.310 e. The number of aliphatic carboxylic acids is 1. The number of rotatable bonds is 5. The van der Waals surface area contributed by atoms with Gasteiger partial charge in [-0.1, -0.05) is 12.1 Å². The normalized spacial score (nSPS) is 11.1. The van der Waals surface area contributed by atoms with Crippen molar-refractivity contribution >= 4 is 11.9 Å². The van der Waals surface area contributed by atoms with Gasteiger partial charge in [0, 0.05) is 18.3 Å². The van der Waals surface area contributed by atoms with Crippen molar-refractivity contribution in [1.82, 2.24) is 10.3 Å². The molecule has 0 radical (unpaired) electrons. The zero-order chi connectivity index (χ0) is 17.9. The zero-order valence-corrected chi connectivity index (χ0v) is 13.3. The van der Waals surface area contributed by atoms with E-state index in [1.165, 1.54) is 38.2 Å². The molecule has 1 amide bonds. The molecule has 2 rings (SSSR count). The van der Waals surface area contributed by atoms with Gasteiger partial charge in [0.1, 0.15) is 11.5 Å². The average molecular weight is 330 g/mol. The average Bonchev–Trinajstić information content (AvgIpc) is 2.52. The second-order valence-electron chi connectivity index (χ2n) is 6.01. The van der Waals surface area contributed by atoms with E-state index in [2.05, 4.69) is 10.3 Å². The Balaban J connectivity index is 2.18. The van der Waals surface area contributed by atoms with E-state index < -0.39 is 17.3 Å². The van der Waals surface area contributed by atoms with Crippen molar-refractivity contribution in [3.05, 3.63) is 42.2 Å². The lowest BCUT2D eigenvalue weighted by Gasteiger charge is -2.19. The third kappa shape index (κ3) is 3.81. The van der Waals surface area contributed by atoms with Crippen molar-refractivity contribution < 1.29 is 24.9 Å². The molecule has 0 bridgehead atoms. The number of nitrogens with one attached hydrogen (secondary N) is 1. The minimum absolute atomic E-state index is 0.0738. The van der Waals surface area contributed by atoms with Gasteiger partial charge in [-0.3, -0.25) is 9.59 Å². The van der Waals surface area contributed by atoms with E-state index in [-0.39, 0.29) is 23.7 Å². The van der Waals surface area contributed by atoms with Crippen LogP contribution in [-0.2, 0) is 4.79 Å². The number of aromatic hydroxyl groups is 2. The van der Waals surface area contributed by atoms with E-state index in [0.29, 0.717) is 11.1 Å². The molecule has 1 aromatic heterocycles. The van der Waals surface area contributed by atoms with Gasteiger partial charge in [0.25, 0.3) is 5.91 Å². The molecule has 1 heterocycles. The Morgan fingerprint density at radius 2 is 1.88 bits per heavy atom. The molecule has 0 aliphatic carbocycles. The monoisotopic (exact) mass is 330 g/mol. The molecule has 0 aliphatic rings. The number of amides is 1. The van der Waals surface area contributed by atoms with Crippen LogP contribution in [-0.4, -0.2) is 38.7 Å². The molecule has 0 unspecified atom stereocenters.